The average molecular weight is 440 g/mol. The van der Waals surface area contributed by atoms with Crippen molar-refractivity contribution in [2.75, 3.05) is 6.61 Å². The lowest BCUT2D eigenvalue weighted by Gasteiger charge is -2.19. The predicted octanol–water partition coefficient (Wildman–Crippen LogP) is 4.50. The number of amides is 1. The van der Waals surface area contributed by atoms with Crippen LogP contribution in [0.3, 0.4) is 0 Å². The molecule has 1 amide bonds. The maximum atomic E-state index is 12.3. The topological polar surface area (TPSA) is 68.5 Å². The van der Waals surface area contributed by atoms with Gasteiger partial charge < -0.3 is 14.5 Å². The first-order chi connectivity index (χ1) is 13.6. The van der Waals surface area contributed by atoms with Crippen molar-refractivity contribution >= 4 is 33.9 Å². The minimum Gasteiger partial charge on any atom is -0.452 e. The zero-order valence-electron chi connectivity index (χ0n) is 14.9. The third kappa shape index (κ3) is 5.69. The highest BCUT2D eigenvalue weighted by Gasteiger charge is 2.17. The standard InChI is InChI=1S/C22H18BrNO4/c23-19-13-11-18(28-19)12-14-21(26)27-15-20(25)24-22(16-7-3-1-4-8-16)17-9-5-2-6-10-17/h1-14,22H,15H2,(H,24,25). The molecule has 3 aromatic rings. The van der Waals surface area contributed by atoms with Gasteiger partial charge in [-0.1, -0.05) is 60.7 Å². The Morgan fingerprint density at radius 2 is 1.57 bits per heavy atom. The molecule has 0 radical (unpaired) electrons. The number of furan rings is 1. The quantitative estimate of drug-likeness (QED) is 0.434. The van der Waals surface area contributed by atoms with Crippen LogP contribution >= 0.6 is 15.9 Å². The molecule has 1 aromatic heterocycles. The number of ether oxygens (including phenoxy) is 1. The van der Waals surface area contributed by atoms with E-state index in [9.17, 15) is 9.59 Å². The average Bonchev–Trinajstić information content (AvgIpc) is 3.15. The lowest BCUT2D eigenvalue weighted by molar-refractivity contribution is -0.143. The van der Waals surface area contributed by atoms with Crippen LogP contribution in [0.4, 0.5) is 0 Å². The maximum absolute atomic E-state index is 12.3. The molecule has 0 fully saturated rings. The van der Waals surface area contributed by atoms with Crippen LogP contribution in [0.2, 0.25) is 0 Å². The molecule has 0 spiro atoms. The monoisotopic (exact) mass is 439 g/mol. The van der Waals surface area contributed by atoms with E-state index in [2.05, 4.69) is 21.2 Å². The molecule has 1 heterocycles. The van der Waals surface area contributed by atoms with Crippen molar-refractivity contribution in [1.29, 1.82) is 0 Å². The van der Waals surface area contributed by atoms with E-state index >= 15 is 0 Å². The van der Waals surface area contributed by atoms with Gasteiger partial charge in [0.2, 0.25) is 0 Å². The Morgan fingerprint density at radius 1 is 0.964 bits per heavy atom. The van der Waals surface area contributed by atoms with E-state index in [1.54, 1.807) is 12.1 Å². The lowest BCUT2D eigenvalue weighted by atomic mass is 9.99. The molecule has 1 N–H and O–H groups in total. The van der Waals surface area contributed by atoms with Crippen molar-refractivity contribution in [1.82, 2.24) is 5.32 Å². The van der Waals surface area contributed by atoms with Crippen molar-refractivity contribution in [3.8, 4) is 0 Å². The SMILES string of the molecule is O=C(COC(=O)C=Cc1ccc(Br)o1)NC(c1ccccc1)c1ccccc1. The van der Waals surface area contributed by atoms with E-state index in [4.69, 9.17) is 9.15 Å². The van der Waals surface area contributed by atoms with Gasteiger partial charge in [-0.3, -0.25) is 4.79 Å². The van der Waals surface area contributed by atoms with Gasteiger partial charge in [-0.05, 0) is 45.3 Å². The minimum atomic E-state index is -0.626. The molecule has 0 saturated heterocycles. The Kier molecular flexibility index (Phi) is 6.81. The number of carbonyl (C=O) groups excluding carboxylic acids is 2. The van der Waals surface area contributed by atoms with E-state index in [0.717, 1.165) is 11.1 Å². The Balaban J connectivity index is 1.59. The third-order valence-electron chi connectivity index (χ3n) is 3.89. The minimum absolute atomic E-state index is 0.329. The largest absolute Gasteiger partial charge is 0.452 e. The summed E-state index contributed by atoms with van der Waals surface area (Å²) in [5.74, 6) is -0.514. The zero-order valence-corrected chi connectivity index (χ0v) is 16.5. The first-order valence-electron chi connectivity index (χ1n) is 8.61. The van der Waals surface area contributed by atoms with E-state index in [0.29, 0.717) is 10.4 Å². The van der Waals surface area contributed by atoms with E-state index < -0.39 is 5.97 Å². The Labute approximate surface area is 171 Å². The number of benzene rings is 2. The van der Waals surface area contributed by atoms with Gasteiger partial charge >= 0.3 is 5.97 Å². The Morgan fingerprint density at radius 3 is 2.11 bits per heavy atom. The summed E-state index contributed by atoms with van der Waals surface area (Å²) in [7, 11) is 0. The Bertz CT molecular complexity index is 911. The molecule has 0 aliphatic rings. The molecule has 6 heteroatoms. The molecule has 142 valence electrons. The molecular formula is C22H18BrNO4. The van der Waals surface area contributed by atoms with Crippen molar-refractivity contribution < 1.29 is 18.7 Å². The van der Waals surface area contributed by atoms with Crippen LogP contribution in [0.15, 0.2) is 88.0 Å². The summed E-state index contributed by atoms with van der Waals surface area (Å²) in [6, 6.07) is 22.3. The summed E-state index contributed by atoms with van der Waals surface area (Å²) in [6.45, 7) is -0.374. The number of nitrogens with one attached hydrogen (secondary N) is 1. The van der Waals surface area contributed by atoms with Crippen LogP contribution in [-0.2, 0) is 14.3 Å². The molecule has 0 unspecified atom stereocenters. The second-order valence-corrected chi connectivity index (χ2v) is 6.69. The van der Waals surface area contributed by atoms with Crippen molar-refractivity contribution in [2.24, 2.45) is 0 Å². The summed E-state index contributed by atoms with van der Waals surface area (Å²) in [5, 5.41) is 2.92. The molecule has 0 atom stereocenters. The number of carbonyl (C=O) groups is 2. The summed E-state index contributed by atoms with van der Waals surface area (Å²) in [4.78, 5) is 24.2. The number of halogens is 1. The first kappa shape index (κ1) is 19.6. The number of esters is 1. The summed E-state index contributed by atoms with van der Waals surface area (Å²) in [5.41, 5.74) is 1.88. The highest BCUT2D eigenvalue weighted by molar-refractivity contribution is 9.10. The van der Waals surface area contributed by atoms with Crippen LogP contribution < -0.4 is 5.32 Å². The van der Waals surface area contributed by atoms with Crippen LogP contribution in [0.5, 0.6) is 0 Å². The van der Waals surface area contributed by atoms with Gasteiger partial charge in [0.25, 0.3) is 5.91 Å². The molecular weight excluding hydrogens is 422 g/mol. The van der Waals surface area contributed by atoms with Gasteiger partial charge in [-0.2, -0.15) is 0 Å². The van der Waals surface area contributed by atoms with Crippen LogP contribution in [-0.4, -0.2) is 18.5 Å². The predicted molar refractivity (Wildman–Crippen MR) is 109 cm³/mol. The van der Waals surface area contributed by atoms with Gasteiger partial charge in [-0.25, -0.2) is 4.79 Å². The molecule has 5 nitrogen and oxygen atoms in total. The summed E-state index contributed by atoms with van der Waals surface area (Å²) < 4.78 is 10.8. The fraction of sp³-hybridized carbons (Fsp3) is 0.0909. The second-order valence-electron chi connectivity index (χ2n) is 5.90. The normalized spacial score (nSPS) is 10.9. The van der Waals surface area contributed by atoms with Gasteiger partial charge in [0.1, 0.15) is 5.76 Å². The number of hydrogen-bond donors (Lipinski definition) is 1. The fourth-order valence-electron chi connectivity index (χ4n) is 2.61. The van der Waals surface area contributed by atoms with Crippen molar-refractivity contribution in [3.05, 3.63) is 100 Å². The van der Waals surface area contributed by atoms with Crippen molar-refractivity contribution in [2.45, 2.75) is 6.04 Å². The second kappa shape index (κ2) is 9.71. The lowest BCUT2D eigenvalue weighted by Crippen LogP contribution is -2.32. The van der Waals surface area contributed by atoms with E-state index in [-0.39, 0.29) is 18.6 Å². The molecule has 0 aliphatic carbocycles. The van der Waals surface area contributed by atoms with E-state index in [1.165, 1.54) is 12.2 Å². The van der Waals surface area contributed by atoms with Crippen molar-refractivity contribution in [3.63, 3.8) is 0 Å². The van der Waals surface area contributed by atoms with Gasteiger partial charge in [0, 0.05) is 6.08 Å². The summed E-state index contributed by atoms with van der Waals surface area (Å²) in [6.07, 6.45) is 2.69. The van der Waals surface area contributed by atoms with Crippen LogP contribution in [0, 0.1) is 0 Å². The molecule has 0 saturated carbocycles. The van der Waals surface area contributed by atoms with Gasteiger partial charge in [0.05, 0.1) is 6.04 Å². The Hall–Kier alpha value is -3.12. The van der Waals surface area contributed by atoms with E-state index in [1.807, 2.05) is 60.7 Å². The zero-order chi connectivity index (χ0) is 19.8. The van der Waals surface area contributed by atoms with Gasteiger partial charge in [0.15, 0.2) is 11.3 Å². The van der Waals surface area contributed by atoms with Gasteiger partial charge in [-0.15, -0.1) is 0 Å². The highest BCUT2D eigenvalue weighted by Crippen LogP contribution is 2.21. The smallest absolute Gasteiger partial charge is 0.331 e. The molecule has 3 rings (SSSR count). The fourth-order valence-corrected chi connectivity index (χ4v) is 2.92. The number of rotatable bonds is 7. The third-order valence-corrected chi connectivity index (χ3v) is 4.32. The molecule has 0 aliphatic heterocycles. The van der Waals surface area contributed by atoms with Crippen LogP contribution in [0.25, 0.3) is 6.08 Å². The number of hydrogen-bond acceptors (Lipinski definition) is 4. The molecule has 28 heavy (non-hydrogen) atoms. The highest BCUT2D eigenvalue weighted by atomic mass is 79.9. The molecule has 2 aromatic carbocycles. The maximum Gasteiger partial charge on any atom is 0.331 e. The molecule has 0 bridgehead atoms. The van der Waals surface area contributed by atoms with Crippen LogP contribution in [0.1, 0.15) is 22.9 Å². The first-order valence-corrected chi connectivity index (χ1v) is 9.40. The summed E-state index contributed by atoms with van der Waals surface area (Å²) >= 11 is 3.18.